The van der Waals surface area contributed by atoms with Gasteiger partial charge in [-0.25, -0.2) is 0 Å². The van der Waals surface area contributed by atoms with E-state index < -0.39 is 0 Å². The zero-order valence-electron chi connectivity index (χ0n) is 11.2. The summed E-state index contributed by atoms with van der Waals surface area (Å²) in [7, 11) is 0. The Morgan fingerprint density at radius 1 is 1.12 bits per heavy atom. The molecule has 94 valence electrons. The normalized spacial score (nSPS) is 23.1. The van der Waals surface area contributed by atoms with Crippen LogP contribution in [0.25, 0.3) is 0 Å². The fourth-order valence-corrected chi connectivity index (χ4v) is 2.25. The van der Waals surface area contributed by atoms with E-state index in [0.29, 0.717) is 6.04 Å². The maximum atomic E-state index is 3.64. The Bertz CT molecular complexity index is 207. The number of nitrogens with one attached hydrogen (secondary N) is 1. The number of nitrogens with zero attached hydrogens (tertiary/aromatic N) is 1. The van der Waals surface area contributed by atoms with Crippen LogP contribution in [-0.2, 0) is 0 Å². The van der Waals surface area contributed by atoms with Crippen molar-refractivity contribution < 1.29 is 0 Å². The maximum Gasteiger partial charge on any atom is 0.00683 e. The van der Waals surface area contributed by atoms with Crippen LogP contribution in [0.15, 0.2) is 0 Å². The second-order valence-electron chi connectivity index (χ2n) is 6.28. The van der Waals surface area contributed by atoms with Gasteiger partial charge in [0.1, 0.15) is 0 Å². The van der Waals surface area contributed by atoms with Gasteiger partial charge in [0.05, 0.1) is 0 Å². The third-order valence-corrected chi connectivity index (χ3v) is 3.80. The summed E-state index contributed by atoms with van der Waals surface area (Å²) in [6.07, 6.45) is 5.75. The summed E-state index contributed by atoms with van der Waals surface area (Å²) in [6.45, 7) is 10.9. The van der Waals surface area contributed by atoms with E-state index in [4.69, 9.17) is 0 Å². The zero-order valence-corrected chi connectivity index (χ0v) is 11.2. The third kappa shape index (κ3) is 4.42. The second kappa shape index (κ2) is 5.50. The molecule has 0 aliphatic heterocycles. The van der Waals surface area contributed by atoms with Crippen LogP contribution in [0, 0.1) is 11.8 Å². The molecule has 0 aromatic carbocycles. The van der Waals surface area contributed by atoms with Gasteiger partial charge in [-0.15, -0.1) is 0 Å². The van der Waals surface area contributed by atoms with Gasteiger partial charge in [-0.2, -0.15) is 0 Å². The van der Waals surface area contributed by atoms with Gasteiger partial charge in [-0.3, -0.25) is 0 Å². The highest BCUT2D eigenvalue weighted by Gasteiger charge is 2.26. The van der Waals surface area contributed by atoms with Gasteiger partial charge >= 0.3 is 0 Å². The Morgan fingerprint density at radius 2 is 1.81 bits per heavy atom. The molecule has 1 atom stereocenters. The molecule has 16 heavy (non-hydrogen) atoms. The second-order valence-corrected chi connectivity index (χ2v) is 6.28. The van der Waals surface area contributed by atoms with Gasteiger partial charge < -0.3 is 10.2 Å². The van der Waals surface area contributed by atoms with Crippen LogP contribution >= 0.6 is 0 Å². The van der Waals surface area contributed by atoms with Crippen molar-refractivity contribution in [1.29, 1.82) is 0 Å². The molecule has 2 heteroatoms. The fraction of sp³-hybridized carbons (Fsp3) is 1.00. The maximum absolute atomic E-state index is 3.64. The molecule has 0 radical (unpaired) electrons. The Morgan fingerprint density at radius 3 is 2.31 bits per heavy atom. The summed E-state index contributed by atoms with van der Waals surface area (Å²) < 4.78 is 0. The highest BCUT2D eigenvalue weighted by molar-refractivity contribution is 4.83. The quantitative estimate of drug-likeness (QED) is 0.681. The minimum Gasteiger partial charge on any atom is -0.314 e. The van der Waals surface area contributed by atoms with Gasteiger partial charge in [-0.1, -0.05) is 6.92 Å². The summed E-state index contributed by atoms with van der Waals surface area (Å²) in [5.41, 5.74) is 0. The van der Waals surface area contributed by atoms with E-state index in [0.717, 1.165) is 17.9 Å². The predicted molar refractivity (Wildman–Crippen MR) is 69.6 cm³/mol. The molecular weight excluding hydrogens is 196 g/mol. The van der Waals surface area contributed by atoms with Crippen molar-refractivity contribution in [2.24, 2.45) is 11.8 Å². The standard InChI is InChI=1S/C14H28N2/c1-11(2)16(10-13-4-5-13)9-12(3)8-15-14-6-7-14/h11-15H,4-10H2,1-3H3. The van der Waals surface area contributed by atoms with Crippen molar-refractivity contribution in [2.45, 2.75) is 58.5 Å². The molecule has 0 saturated heterocycles. The molecule has 1 unspecified atom stereocenters. The molecule has 2 nitrogen and oxygen atoms in total. The average molecular weight is 224 g/mol. The topological polar surface area (TPSA) is 15.3 Å². The molecule has 0 aromatic heterocycles. The first-order valence-corrected chi connectivity index (χ1v) is 7.12. The molecule has 0 heterocycles. The predicted octanol–water partition coefficient (Wildman–Crippen LogP) is 2.49. The first-order chi connectivity index (χ1) is 7.65. The van der Waals surface area contributed by atoms with Crippen molar-refractivity contribution >= 4 is 0 Å². The van der Waals surface area contributed by atoms with E-state index in [2.05, 4.69) is 31.0 Å². The lowest BCUT2D eigenvalue weighted by Gasteiger charge is -2.29. The van der Waals surface area contributed by atoms with Gasteiger partial charge in [-0.05, 0) is 57.9 Å². The molecule has 0 amide bonds. The summed E-state index contributed by atoms with van der Waals surface area (Å²) >= 11 is 0. The molecule has 1 N–H and O–H groups in total. The Balaban J connectivity index is 1.65. The molecule has 2 saturated carbocycles. The van der Waals surface area contributed by atoms with Crippen LogP contribution < -0.4 is 5.32 Å². The Labute approximate surface area is 101 Å². The van der Waals surface area contributed by atoms with Crippen molar-refractivity contribution in [1.82, 2.24) is 10.2 Å². The largest absolute Gasteiger partial charge is 0.314 e. The zero-order chi connectivity index (χ0) is 11.5. The van der Waals surface area contributed by atoms with E-state index in [1.54, 1.807) is 0 Å². The lowest BCUT2D eigenvalue weighted by molar-refractivity contribution is 0.183. The monoisotopic (exact) mass is 224 g/mol. The summed E-state index contributed by atoms with van der Waals surface area (Å²) in [4.78, 5) is 2.68. The first-order valence-electron chi connectivity index (χ1n) is 7.12. The highest BCUT2D eigenvalue weighted by atomic mass is 15.2. The lowest BCUT2D eigenvalue weighted by Crippen LogP contribution is -2.39. The van der Waals surface area contributed by atoms with E-state index in [1.807, 2.05) is 0 Å². The van der Waals surface area contributed by atoms with Crippen LogP contribution in [0.1, 0.15) is 46.5 Å². The molecule has 2 fully saturated rings. The first kappa shape index (κ1) is 12.4. The van der Waals surface area contributed by atoms with Crippen LogP contribution in [0.5, 0.6) is 0 Å². The molecule has 0 bridgehead atoms. The summed E-state index contributed by atoms with van der Waals surface area (Å²) in [5.74, 6) is 1.81. The molecule has 2 aliphatic carbocycles. The Hall–Kier alpha value is -0.0800. The summed E-state index contributed by atoms with van der Waals surface area (Å²) in [6, 6.07) is 1.57. The van der Waals surface area contributed by atoms with Crippen molar-refractivity contribution in [3.05, 3.63) is 0 Å². The number of rotatable bonds is 8. The average Bonchev–Trinajstić information content (AvgIpc) is 3.09. The summed E-state index contributed by atoms with van der Waals surface area (Å²) in [5, 5.41) is 3.64. The van der Waals surface area contributed by atoms with Gasteiger partial charge in [0, 0.05) is 25.2 Å². The van der Waals surface area contributed by atoms with E-state index in [1.165, 1.54) is 45.3 Å². The third-order valence-electron chi connectivity index (χ3n) is 3.80. The number of hydrogen-bond donors (Lipinski definition) is 1. The molecular formula is C14H28N2. The highest BCUT2D eigenvalue weighted by Crippen LogP contribution is 2.30. The van der Waals surface area contributed by atoms with Crippen molar-refractivity contribution in [2.75, 3.05) is 19.6 Å². The smallest absolute Gasteiger partial charge is 0.00683 e. The Kier molecular flexibility index (Phi) is 4.26. The van der Waals surface area contributed by atoms with Crippen molar-refractivity contribution in [3.63, 3.8) is 0 Å². The lowest BCUT2D eigenvalue weighted by atomic mass is 10.1. The van der Waals surface area contributed by atoms with E-state index in [-0.39, 0.29) is 0 Å². The van der Waals surface area contributed by atoms with Crippen molar-refractivity contribution in [3.8, 4) is 0 Å². The minimum absolute atomic E-state index is 0.712. The van der Waals surface area contributed by atoms with Crippen LogP contribution in [0.2, 0.25) is 0 Å². The SMILES string of the molecule is CC(CNC1CC1)CN(CC1CC1)C(C)C. The number of hydrogen-bond acceptors (Lipinski definition) is 2. The minimum atomic E-state index is 0.712. The molecule has 0 spiro atoms. The van der Waals surface area contributed by atoms with Crippen LogP contribution in [0.4, 0.5) is 0 Å². The van der Waals surface area contributed by atoms with Crippen LogP contribution in [-0.4, -0.2) is 36.6 Å². The van der Waals surface area contributed by atoms with Gasteiger partial charge in [0.2, 0.25) is 0 Å². The van der Waals surface area contributed by atoms with E-state index in [9.17, 15) is 0 Å². The fourth-order valence-electron chi connectivity index (χ4n) is 2.25. The van der Waals surface area contributed by atoms with E-state index >= 15 is 0 Å². The van der Waals surface area contributed by atoms with Gasteiger partial charge in [0.15, 0.2) is 0 Å². The molecule has 2 rings (SSSR count). The molecule has 2 aliphatic rings. The van der Waals surface area contributed by atoms with Gasteiger partial charge in [0.25, 0.3) is 0 Å². The van der Waals surface area contributed by atoms with Crippen LogP contribution in [0.3, 0.4) is 0 Å². The molecule has 0 aromatic rings.